The molecule has 0 radical (unpaired) electrons. The van der Waals surface area contributed by atoms with Gasteiger partial charge >= 0.3 is 12.8 Å². The number of nitrogens with zero attached hydrogens (tertiary/aromatic N) is 1. The van der Waals surface area contributed by atoms with Crippen LogP contribution in [0.5, 0.6) is 5.88 Å². The van der Waals surface area contributed by atoms with Crippen molar-refractivity contribution in [3.63, 3.8) is 0 Å². The molecule has 4 N–H and O–H groups in total. The molecule has 5 nitrogen and oxygen atoms in total. The lowest BCUT2D eigenvalue weighted by Crippen LogP contribution is -2.32. The minimum Gasteiger partial charge on any atom is -0.415 e. The molecule has 12 heteroatoms. The molecule has 1 rings (SSSR count). The average Bonchev–Trinajstić information content (AvgIpc) is 2.58. The van der Waals surface area contributed by atoms with E-state index in [4.69, 9.17) is 5.73 Å². The average molecular weight is 385 g/mol. The normalized spacial score (nSPS) is 12.8. The van der Waals surface area contributed by atoms with Crippen LogP contribution in [0.25, 0.3) is 0 Å². The molecule has 0 bridgehead atoms. The summed E-state index contributed by atoms with van der Waals surface area (Å²) in [5.74, 6) is -0.862. The summed E-state index contributed by atoms with van der Waals surface area (Å²) in [6.07, 6.45) is -4.81. The highest BCUT2D eigenvalue weighted by Crippen LogP contribution is 2.37. The van der Waals surface area contributed by atoms with Gasteiger partial charge in [-0.15, -0.1) is 22.1 Å². The van der Waals surface area contributed by atoms with Crippen LogP contribution in [-0.2, 0) is 6.18 Å². The maximum absolute atomic E-state index is 12.7. The van der Waals surface area contributed by atoms with E-state index in [0.29, 0.717) is 0 Å². The summed E-state index contributed by atoms with van der Waals surface area (Å²) < 4.78 is 66.2. The quantitative estimate of drug-likeness (QED) is 0.549. The van der Waals surface area contributed by atoms with Gasteiger partial charge in [-0.2, -0.15) is 22.0 Å². The van der Waals surface area contributed by atoms with Gasteiger partial charge in [0.25, 0.3) is 0 Å². The smallest absolute Gasteiger partial charge is 0.415 e. The first-order valence-electron chi connectivity index (χ1n) is 4.79. The highest BCUT2D eigenvalue weighted by Gasteiger charge is 2.40. The van der Waals surface area contributed by atoms with E-state index in [1.165, 1.54) is 6.92 Å². The molecule has 0 spiro atoms. The third kappa shape index (κ3) is 4.74. The Hall–Kier alpha value is -1.17. The zero-order valence-corrected chi connectivity index (χ0v) is 12.3. The van der Waals surface area contributed by atoms with Gasteiger partial charge in [-0.25, -0.2) is 0 Å². The summed E-state index contributed by atoms with van der Waals surface area (Å²) in [6.45, 7) is -2.06. The molecule has 1 atom stereocenters. The number of alkyl halides is 5. The van der Waals surface area contributed by atoms with Crippen LogP contribution >= 0.6 is 29.2 Å². The summed E-state index contributed by atoms with van der Waals surface area (Å²) in [7, 11) is 0. The zero-order valence-electron chi connectivity index (χ0n) is 9.79. The van der Waals surface area contributed by atoms with Crippen LogP contribution in [0.15, 0.2) is 0 Å². The molecule has 1 unspecified atom stereocenters. The predicted molar refractivity (Wildman–Crippen MR) is 68.9 cm³/mol. The van der Waals surface area contributed by atoms with Crippen molar-refractivity contribution in [1.82, 2.24) is 15.5 Å². The molecule has 0 aromatic carbocycles. The first-order chi connectivity index (χ1) is 8.62. The lowest BCUT2D eigenvalue weighted by atomic mass is 10.1. The summed E-state index contributed by atoms with van der Waals surface area (Å²) >= 11 is 4.48. The van der Waals surface area contributed by atoms with Crippen LogP contribution in [-0.4, -0.2) is 21.9 Å². The lowest BCUT2D eigenvalue weighted by molar-refractivity contribution is -0.142. The molecule has 1 heterocycles. The van der Waals surface area contributed by atoms with Gasteiger partial charge in [-0.3, -0.25) is 5.10 Å². The molecule has 0 aliphatic rings. The van der Waals surface area contributed by atoms with Crippen LogP contribution in [0, 0.1) is 0 Å². The number of hydrogen-bond acceptors (Lipinski definition) is 3. The van der Waals surface area contributed by atoms with Crippen LogP contribution in [0.2, 0.25) is 0 Å². The number of aromatic amines is 1. The van der Waals surface area contributed by atoms with Gasteiger partial charge in [-0.1, -0.05) is 0 Å². The van der Waals surface area contributed by atoms with E-state index >= 15 is 0 Å². The summed E-state index contributed by atoms with van der Waals surface area (Å²) in [6, 6.07) is -1.11. The topological polar surface area (TPSA) is 76.0 Å². The minimum atomic E-state index is -4.81. The molecule has 0 saturated carbocycles. The second kappa shape index (κ2) is 7.02. The molecule has 0 fully saturated rings. The Kier molecular flexibility index (Phi) is 6.61. The fourth-order valence-electron chi connectivity index (χ4n) is 1.41. The summed E-state index contributed by atoms with van der Waals surface area (Å²) in [4.78, 5) is 0. The number of aromatic nitrogens is 2. The first-order valence-corrected chi connectivity index (χ1v) is 5.20. The van der Waals surface area contributed by atoms with Crippen molar-refractivity contribution in [3.8, 4) is 5.88 Å². The highest BCUT2D eigenvalue weighted by molar-refractivity contribution is 8.93. The number of hydrogen-bond donors (Lipinski definition) is 3. The van der Waals surface area contributed by atoms with E-state index in [1.807, 2.05) is 0 Å². The van der Waals surface area contributed by atoms with Crippen molar-refractivity contribution >= 4 is 34.3 Å². The molecule has 0 aliphatic carbocycles. The second-order valence-electron chi connectivity index (χ2n) is 3.42. The predicted octanol–water partition coefficient (Wildman–Crippen LogP) is 2.50. The molecule has 1 aromatic heterocycles. The van der Waals surface area contributed by atoms with Gasteiger partial charge in [0, 0.05) is 0 Å². The monoisotopic (exact) mass is 384 g/mol. The van der Waals surface area contributed by atoms with E-state index in [0.717, 1.165) is 0 Å². The van der Waals surface area contributed by atoms with Gasteiger partial charge in [0.15, 0.2) is 5.11 Å². The van der Waals surface area contributed by atoms with Crippen molar-refractivity contribution in [3.05, 3.63) is 11.3 Å². The third-order valence-corrected chi connectivity index (χ3v) is 2.16. The fraction of sp³-hybridized carbons (Fsp3) is 0.500. The Balaban J connectivity index is 0.00000361. The molecular formula is C8H10BrF5N4OS. The van der Waals surface area contributed by atoms with Crippen LogP contribution < -0.4 is 15.8 Å². The third-order valence-electron chi connectivity index (χ3n) is 2.04. The van der Waals surface area contributed by atoms with Crippen molar-refractivity contribution in [1.29, 1.82) is 0 Å². The van der Waals surface area contributed by atoms with E-state index in [2.05, 4.69) is 27.4 Å². The molecule has 20 heavy (non-hydrogen) atoms. The Labute approximate surface area is 125 Å². The number of H-pyrrole nitrogens is 1. The van der Waals surface area contributed by atoms with Crippen LogP contribution in [0.1, 0.15) is 24.2 Å². The standard InChI is InChI=1S/C8H9F5N4OS.BrH/c1-2(15-7(14)19)3-4(8(11,12)13)16-17-5(3)18-6(9)10;/h2,6H,1H3,(H,16,17)(H3,14,15,19);1H. The summed E-state index contributed by atoms with van der Waals surface area (Å²) in [5.41, 5.74) is 3.20. The Bertz CT molecular complexity index is 466. The van der Waals surface area contributed by atoms with Crippen molar-refractivity contribution in [2.24, 2.45) is 5.73 Å². The van der Waals surface area contributed by atoms with Crippen LogP contribution in [0.4, 0.5) is 22.0 Å². The molecule has 0 aliphatic heterocycles. The Morgan fingerprint density at radius 1 is 1.45 bits per heavy atom. The summed E-state index contributed by atoms with van der Waals surface area (Å²) in [5, 5.41) is 6.70. The van der Waals surface area contributed by atoms with Gasteiger partial charge in [-0.05, 0) is 19.1 Å². The number of nitrogens with one attached hydrogen (secondary N) is 2. The highest BCUT2D eigenvalue weighted by atomic mass is 79.9. The maximum atomic E-state index is 12.7. The van der Waals surface area contributed by atoms with E-state index in [9.17, 15) is 22.0 Å². The number of halogens is 6. The molecule has 0 saturated heterocycles. The SMILES string of the molecule is Br.CC(NC(N)=S)c1c(OC(F)F)n[nH]c1C(F)(F)F. The van der Waals surface area contributed by atoms with E-state index < -0.39 is 36.0 Å². The second-order valence-corrected chi connectivity index (χ2v) is 3.86. The molecule has 116 valence electrons. The minimum absolute atomic E-state index is 0. The Morgan fingerprint density at radius 3 is 2.40 bits per heavy atom. The molecule has 1 aromatic rings. The van der Waals surface area contributed by atoms with E-state index in [-0.39, 0.29) is 22.1 Å². The van der Waals surface area contributed by atoms with Gasteiger partial charge in [0.2, 0.25) is 5.88 Å². The van der Waals surface area contributed by atoms with Crippen molar-refractivity contribution in [2.45, 2.75) is 25.8 Å². The van der Waals surface area contributed by atoms with E-state index in [1.54, 1.807) is 5.10 Å². The number of thiocarbonyl (C=S) groups is 1. The lowest BCUT2D eigenvalue weighted by Gasteiger charge is -2.16. The van der Waals surface area contributed by atoms with Crippen molar-refractivity contribution < 1.29 is 26.7 Å². The van der Waals surface area contributed by atoms with Crippen molar-refractivity contribution in [2.75, 3.05) is 0 Å². The number of nitrogens with two attached hydrogens (primary N) is 1. The van der Waals surface area contributed by atoms with Gasteiger partial charge in [0.05, 0.1) is 11.6 Å². The molecular weight excluding hydrogens is 375 g/mol. The van der Waals surface area contributed by atoms with Gasteiger partial charge < -0.3 is 15.8 Å². The van der Waals surface area contributed by atoms with Crippen LogP contribution in [0.3, 0.4) is 0 Å². The molecule has 0 amide bonds. The maximum Gasteiger partial charge on any atom is 0.433 e. The largest absolute Gasteiger partial charge is 0.433 e. The number of ether oxygens (including phenoxy) is 1. The number of rotatable bonds is 4. The zero-order chi connectivity index (χ0) is 14.8. The first kappa shape index (κ1) is 18.8. The fourth-order valence-corrected chi connectivity index (χ4v) is 1.59. The Morgan fingerprint density at radius 2 is 2.00 bits per heavy atom. The van der Waals surface area contributed by atoms with Gasteiger partial charge in [0.1, 0.15) is 5.69 Å².